The van der Waals surface area contributed by atoms with Crippen LogP contribution in [-0.4, -0.2) is 56.7 Å². The lowest BCUT2D eigenvalue weighted by molar-refractivity contribution is -0.134. The van der Waals surface area contributed by atoms with Crippen LogP contribution in [-0.2, 0) is 4.79 Å². The number of nitrogens with zero attached hydrogens (tertiary/aromatic N) is 2. The summed E-state index contributed by atoms with van der Waals surface area (Å²) >= 11 is 0. The van der Waals surface area contributed by atoms with E-state index in [1.165, 1.54) is 0 Å². The molecule has 0 saturated carbocycles. The maximum atomic E-state index is 14.3. The molecule has 0 aliphatic carbocycles. The highest BCUT2D eigenvalue weighted by Crippen LogP contribution is 2.28. The molecular formula is C17H23F2N3O2. The van der Waals surface area contributed by atoms with Gasteiger partial charge in [0.05, 0.1) is 0 Å². The van der Waals surface area contributed by atoms with Crippen molar-refractivity contribution in [2.75, 3.05) is 50.8 Å². The maximum Gasteiger partial charge on any atom is 0.260 e. The van der Waals surface area contributed by atoms with E-state index in [4.69, 9.17) is 4.74 Å². The van der Waals surface area contributed by atoms with Crippen molar-refractivity contribution in [2.45, 2.75) is 19.3 Å². The van der Waals surface area contributed by atoms with Crippen LogP contribution in [0.2, 0.25) is 0 Å². The Bertz CT molecular complexity index is 562. The fourth-order valence-corrected chi connectivity index (χ4v) is 3.20. The van der Waals surface area contributed by atoms with E-state index < -0.39 is 11.6 Å². The molecule has 0 spiro atoms. The molecule has 7 heteroatoms. The standard InChI is InChI=1S/C17H23F2N3O2/c18-14-10-13(24-12-16(23)21-6-2-1-3-7-21)11-15(19)17(14)22-8-4-20-5-9-22/h10-11,20H,1-9,12H2. The molecule has 24 heavy (non-hydrogen) atoms. The third-order valence-corrected chi connectivity index (χ3v) is 4.49. The lowest BCUT2D eigenvalue weighted by atomic mass is 10.1. The second kappa shape index (κ2) is 7.79. The minimum absolute atomic E-state index is 0.0220. The summed E-state index contributed by atoms with van der Waals surface area (Å²) in [5, 5.41) is 3.15. The van der Waals surface area contributed by atoms with Gasteiger partial charge in [-0.05, 0) is 19.3 Å². The van der Waals surface area contributed by atoms with Gasteiger partial charge < -0.3 is 19.9 Å². The zero-order valence-electron chi connectivity index (χ0n) is 13.7. The number of piperidine rings is 1. The van der Waals surface area contributed by atoms with Gasteiger partial charge >= 0.3 is 0 Å². The van der Waals surface area contributed by atoms with Gasteiger partial charge in [0, 0.05) is 51.4 Å². The van der Waals surface area contributed by atoms with Crippen LogP contribution in [0.25, 0.3) is 0 Å². The molecule has 2 fully saturated rings. The normalized spacial score (nSPS) is 18.6. The zero-order chi connectivity index (χ0) is 16.9. The first-order chi connectivity index (χ1) is 11.6. The molecule has 0 unspecified atom stereocenters. The highest BCUT2D eigenvalue weighted by atomic mass is 19.1. The topological polar surface area (TPSA) is 44.8 Å². The lowest BCUT2D eigenvalue weighted by Crippen LogP contribution is -2.44. The largest absolute Gasteiger partial charge is 0.484 e. The van der Waals surface area contributed by atoms with Crippen molar-refractivity contribution in [3.63, 3.8) is 0 Å². The van der Waals surface area contributed by atoms with E-state index in [2.05, 4.69) is 5.32 Å². The van der Waals surface area contributed by atoms with E-state index in [9.17, 15) is 13.6 Å². The van der Waals surface area contributed by atoms with Crippen LogP contribution in [0.5, 0.6) is 5.75 Å². The molecule has 2 saturated heterocycles. The van der Waals surface area contributed by atoms with Crippen molar-refractivity contribution >= 4 is 11.6 Å². The Hall–Kier alpha value is -1.89. The molecule has 1 amide bonds. The average molecular weight is 339 g/mol. The molecule has 1 N–H and O–H groups in total. The maximum absolute atomic E-state index is 14.3. The quantitative estimate of drug-likeness (QED) is 0.908. The molecule has 2 aliphatic rings. The molecule has 132 valence electrons. The molecule has 0 atom stereocenters. The lowest BCUT2D eigenvalue weighted by Gasteiger charge is -2.30. The summed E-state index contributed by atoms with van der Waals surface area (Å²) in [6, 6.07) is 2.31. The number of halogens is 2. The van der Waals surface area contributed by atoms with Gasteiger partial charge in [-0.2, -0.15) is 0 Å². The van der Waals surface area contributed by atoms with Crippen LogP contribution in [0, 0.1) is 11.6 Å². The monoisotopic (exact) mass is 339 g/mol. The zero-order valence-corrected chi connectivity index (χ0v) is 13.7. The average Bonchev–Trinajstić information content (AvgIpc) is 2.61. The van der Waals surface area contributed by atoms with E-state index >= 15 is 0 Å². The van der Waals surface area contributed by atoms with Gasteiger partial charge in [0.1, 0.15) is 11.4 Å². The molecular weight excluding hydrogens is 316 g/mol. The van der Waals surface area contributed by atoms with Crippen molar-refractivity contribution in [3.8, 4) is 5.75 Å². The number of nitrogens with one attached hydrogen (secondary N) is 1. The summed E-state index contributed by atoms with van der Waals surface area (Å²) in [5.41, 5.74) is -0.0220. The van der Waals surface area contributed by atoms with Crippen molar-refractivity contribution in [1.29, 1.82) is 0 Å². The summed E-state index contributed by atoms with van der Waals surface area (Å²) in [6.07, 6.45) is 3.12. The van der Waals surface area contributed by atoms with E-state index in [1.807, 2.05) is 0 Å². The number of rotatable bonds is 4. The van der Waals surface area contributed by atoms with Crippen molar-refractivity contribution in [1.82, 2.24) is 10.2 Å². The molecule has 2 heterocycles. The molecule has 3 rings (SSSR count). The number of amides is 1. The number of benzene rings is 1. The second-order valence-electron chi connectivity index (χ2n) is 6.20. The summed E-state index contributed by atoms with van der Waals surface area (Å²) in [4.78, 5) is 15.5. The van der Waals surface area contributed by atoms with Gasteiger partial charge in [-0.25, -0.2) is 8.78 Å². The summed E-state index contributed by atoms with van der Waals surface area (Å²) in [6.45, 7) is 3.78. The van der Waals surface area contributed by atoms with Crippen molar-refractivity contribution in [2.24, 2.45) is 0 Å². The molecule has 0 radical (unpaired) electrons. The van der Waals surface area contributed by atoms with Gasteiger partial charge in [0.15, 0.2) is 18.2 Å². The summed E-state index contributed by atoms with van der Waals surface area (Å²) < 4.78 is 33.9. The molecule has 1 aromatic carbocycles. The number of hydrogen-bond donors (Lipinski definition) is 1. The number of hydrogen-bond acceptors (Lipinski definition) is 4. The van der Waals surface area contributed by atoms with E-state index in [0.717, 1.165) is 44.5 Å². The molecule has 5 nitrogen and oxygen atoms in total. The summed E-state index contributed by atoms with van der Waals surface area (Å²) in [7, 11) is 0. The van der Waals surface area contributed by atoms with E-state index in [0.29, 0.717) is 26.2 Å². The van der Waals surface area contributed by atoms with E-state index in [1.54, 1.807) is 9.80 Å². The van der Waals surface area contributed by atoms with Crippen LogP contribution in [0.3, 0.4) is 0 Å². The first-order valence-corrected chi connectivity index (χ1v) is 8.50. The Morgan fingerprint density at radius 1 is 1.04 bits per heavy atom. The van der Waals surface area contributed by atoms with Gasteiger partial charge in [0.25, 0.3) is 5.91 Å². The Kier molecular flexibility index (Phi) is 5.50. The smallest absolute Gasteiger partial charge is 0.260 e. The van der Waals surface area contributed by atoms with Crippen molar-refractivity contribution < 1.29 is 18.3 Å². The van der Waals surface area contributed by atoms with Crippen LogP contribution in [0.1, 0.15) is 19.3 Å². The van der Waals surface area contributed by atoms with Gasteiger partial charge in [-0.1, -0.05) is 0 Å². The minimum Gasteiger partial charge on any atom is -0.484 e. The molecule has 1 aromatic rings. The van der Waals surface area contributed by atoms with Crippen LogP contribution >= 0.6 is 0 Å². The first kappa shape index (κ1) is 17.0. The Morgan fingerprint density at radius 2 is 1.67 bits per heavy atom. The highest BCUT2D eigenvalue weighted by Gasteiger charge is 2.21. The number of piperazine rings is 1. The highest BCUT2D eigenvalue weighted by molar-refractivity contribution is 5.77. The number of carbonyl (C=O) groups excluding carboxylic acids is 1. The van der Waals surface area contributed by atoms with Gasteiger partial charge in [-0.15, -0.1) is 0 Å². The van der Waals surface area contributed by atoms with E-state index in [-0.39, 0.29) is 24.0 Å². The van der Waals surface area contributed by atoms with Crippen molar-refractivity contribution in [3.05, 3.63) is 23.8 Å². The first-order valence-electron chi connectivity index (χ1n) is 8.50. The predicted molar refractivity (Wildman–Crippen MR) is 87.4 cm³/mol. The third kappa shape index (κ3) is 3.95. The number of carbonyl (C=O) groups is 1. The Balaban J connectivity index is 1.63. The number of anilines is 1. The molecule has 0 aromatic heterocycles. The number of likely N-dealkylation sites (tertiary alicyclic amines) is 1. The third-order valence-electron chi connectivity index (χ3n) is 4.49. The fraction of sp³-hybridized carbons (Fsp3) is 0.588. The SMILES string of the molecule is O=C(COc1cc(F)c(N2CCNCC2)c(F)c1)N1CCCCC1. The Morgan fingerprint density at radius 3 is 2.29 bits per heavy atom. The molecule has 0 bridgehead atoms. The predicted octanol–water partition coefficient (Wildman–Crippen LogP) is 1.77. The summed E-state index contributed by atoms with van der Waals surface area (Å²) in [5.74, 6) is -1.40. The second-order valence-corrected chi connectivity index (χ2v) is 6.20. The van der Waals surface area contributed by atoms with Crippen LogP contribution in [0.4, 0.5) is 14.5 Å². The van der Waals surface area contributed by atoms with Crippen LogP contribution in [0.15, 0.2) is 12.1 Å². The van der Waals surface area contributed by atoms with Gasteiger partial charge in [0.2, 0.25) is 0 Å². The van der Waals surface area contributed by atoms with Gasteiger partial charge in [-0.3, -0.25) is 4.79 Å². The van der Waals surface area contributed by atoms with Crippen LogP contribution < -0.4 is 15.0 Å². The minimum atomic E-state index is -0.655. The fourth-order valence-electron chi connectivity index (χ4n) is 3.20. The number of ether oxygens (including phenoxy) is 1. The Labute approximate surface area is 140 Å². The molecule has 2 aliphatic heterocycles.